The number of aliphatic carboxylic acids is 1. The molecular weight excluding hydrogens is 408 g/mol. The van der Waals surface area contributed by atoms with Gasteiger partial charge in [0.15, 0.2) is 9.84 Å². The molecular formula is C18H17BrO5S. The molecule has 2 aromatic carbocycles. The van der Waals surface area contributed by atoms with Crippen molar-refractivity contribution in [1.82, 2.24) is 0 Å². The molecule has 0 unspecified atom stereocenters. The Kier molecular flexibility index (Phi) is 4.74. The molecule has 3 rings (SSSR count). The summed E-state index contributed by atoms with van der Waals surface area (Å²) >= 11 is 3.34. The molecule has 0 radical (unpaired) electrons. The molecule has 1 fully saturated rings. The topological polar surface area (TPSA) is 80.7 Å². The number of ether oxygens (including phenoxy) is 1. The first-order valence-electron chi connectivity index (χ1n) is 7.62. The highest BCUT2D eigenvalue weighted by Crippen LogP contribution is 2.64. The Labute approximate surface area is 154 Å². The SMILES string of the molecule is COC[C@]1(C(=O)O)[C@@H](c2ccc(Br)cc2)[C@@H]1S(=O)(=O)c1ccccc1. The van der Waals surface area contributed by atoms with E-state index in [9.17, 15) is 18.3 Å². The van der Waals surface area contributed by atoms with E-state index in [2.05, 4.69) is 15.9 Å². The summed E-state index contributed by atoms with van der Waals surface area (Å²) in [6.45, 7) is -0.167. The van der Waals surface area contributed by atoms with Crippen LogP contribution in [-0.4, -0.2) is 38.5 Å². The summed E-state index contributed by atoms with van der Waals surface area (Å²) in [7, 11) is -2.44. The van der Waals surface area contributed by atoms with Crippen LogP contribution in [0.4, 0.5) is 0 Å². The lowest BCUT2D eigenvalue weighted by atomic mass is 10.0. The summed E-state index contributed by atoms with van der Waals surface area (Å²) in [6, 6.07) is 15.0. The van der Waals surface area contributed by atoms with Crippen LogP contribution in [0.5, 0.6) is 0 Å². The Morgan fingerprint density at radius 2 is 1.76 bits per heavy atom. The molecule has 7 heteroatoms. The van der Waals surface area contributed by atoms with Crippen LogP contribution in [0, 0.1) is 5.41 Å². The predicted molar refractivity (Wildman–Crippen MR) is 96.2 cm³/mol. The highest BCUT2D eigenvalue weighted by Gasteiger charge is 2.76. The van der Waals surface area contributed by atoms with Gasteiger partial charge < -0.3 is 9.84 Å². The number of carbonyl (C=O) groups is 1. The van der Waals surface area contributed by atoms with Crippen molar-refractivity contribution in [3.63, 3.8) is 0 Å². The fraction of sp³-hybridized carbons (Fsp3) is 0.278. The smallest absolute Gasteiger partial charge is 0.314 e. The Hall–Kier alpha value is -1.70. The molecule has 0 amide bonds. The quantitative estimate of drug-likeness (QED) is 0.770. The lowest BCUT2D eigenvalue weighted by molar-refractivity contribution is -0.145. The molecule has 1 aliphatic carbocycles. The lowest BCUT2D eigenvalue weighted by Gasteiger charge is -2.12. The zero-order chi connectivity index (χ0) is 18.2. The van der Waals surface area contributed by atoms with Crippen LogP contribution in [0.1, 0.15) is 11.5 Å². The predicted octanol–water partition coefficient (Wildman–Crippen LogP) is 3.11. The summed E-state index contributed by atoms with van der Waals surface area (Å²) in [5, 5.41) is 8.78. The lowest BCUT2D eigenvalue weighted by Crippen LogP contribution is -2.28. The number of methoxy groups -OCH3 is 1. The molecule has 0 aliphatic heterocycles. The number of benzene rings is 2. The van der Waals surface area contributed by atoms with Gasteiger partial charge in [-0.3, -0.25) is 4.79 Å². The monoisotopic (exact) mass is 424 g/mol. The third kappa shape index (κ3) is 2.90. The maximum Gasteiger partial charge on any atom is 0.314 e. The van der Waals surface area contributed by atoms with E-state index in [0.29, 0.717) is 5.56 Å². The third-order valence-corrected chi connectivity index (χ3v) is 7.49. The largest absolute Gasteiger partial charge is 0.481 e. The highest BCUT2D eigenvalue weighted by molar-refractivity contribution is 9.10. The van der Waals surface area contributed by atoms with E-state index in [1.807, 2.05) is 0 Å². The molecule has 132 valence electrons. The normalized spacial score (nSPS) is 25.5. The Morgan fingerprint density at radius 1 is 1.16 bits per heavy atom. The minimum atomic E-state index is -3.82. The maximum atomic E-state index is 13.1. The molecule has 3 atom stereocenters. The van der Waals surface area contributed by atoms with Gasteiger partial charge in [-0.1, -0.05) is 46.3 Å². The zero-order valence-electron chi connectivity index (χ0n) is 13.4. The molecule has 2 aromatic rings. The maximum absolute atomic E-state index is 13.1. The fourth-order valence-electron chi connectivity index (χ4n) is 3.49. The minimum Gasteiger partial charge on any atom is -0.481 e. The fourth-order valence-corrected chi connectivity index (χ4v) is 6.13. The number of rotatable bonds is 6. The Morgan fingerprint density at radius 3 is 2.28 bits per heavy atom. The van der Waals surface area contributed by atoms with Gasteiger partial charge in [0.2, 0.25) is 0 Å². The molecule has 1 N–H and O–H groups in total. The Balaban J connectivity index is 2.12. The van der Waals surface area contributed by atoms with Crippen LogP contribution in [-0.2, 0) is 19.4 Å². The number of hydrogen-bond donors (Lipinski definition) is 1. The van der Waals surface area contributed by atoms with Crippen LogP contribution >= 0.6 is 15.9 Å². The van der Waals surface area contributed by atoms with Crippen molar-refractivity contribution in [1.29, 1.82) is 0 Å². The van der Waals surface area contributed by atoms with Crippen molar-refractivity contribution in [2.75, 3.05) is 13.7 Å². The molecule has 0 spiro atoms. The summed E-state index contributed by atoms with van der Waals surface area (Å²) in [6.07, 6.45) is 0. The first-order valence-corrected chi connectivity index (χ1v) is 9.96. The van der Waals surface area contributed by atoms with E-state index in [1.165, 1.54) is 19.2 Å². The molecule has 0 heterocycles. The van der Waals surface area contributed by atoms with Crippen molar-refractivity contribution in [2.24, 2.45) is 5.41 Å². The number of halogens is 1. The van der Waals surface area contributed by atoms with Crippen molar-refractivity contribution in [3.05, 3.63) is 64.6 Å². The van der Waals surface area contributed by atoms with Gasteiger partial charge in [-0.2, -0.15) is 0 Å². The molecule has 5 nitrogen and oxygen atoms in total. The number of hydrogen-bond acceptors (Lipinski definition) is 4. The molecule has 1 aliphatic rings. The van der Waals surface area contributed by atoms with Gasteiger partial charge in [0.1, 0.15) is 5.41 Å². The average Bonchev–Trinajstić information content (AvgIpc) is 3.28. The van der Waals surface area contributed by atoms with E-state index in [0.717, 1.165) is 4.47 Å². The van der Waals surface area contributed by atoms with E-state index in [4.69, 9.17) is 4.74 Å². The summed E-state index contributed by atoms with van der Waals surface area (Å²) in [5.74, 6) is -1.82. The van der Waals surface area contributed by atoms with E-state index in [-0.39, 0.29) is 11.5 Å². The van der Waals surface area contributed by atoms with Crippen LogP contribution in [0.3, 0.4) is 0 Å². The van der Waals surface area contributed by atoms with Crippen molar-refractivity contribution in [2.45, 2.75) is 16.1 Å². The average molecular weight is 425 g/mol. The summed E-state index contributed by atoms with van der Waals surface area (Å²) in [4.78, 5) is 12.2. The second-order valence-electron chi connectivity index (χ2n) is 6.09. The van der Waals surface area contributed by atoms with Gasteiger partial charge in [-0.25, -0.2) is 8.42 Å². The van der Waals surface area contributed by atoms with E-state index in [1.54, 1.807) is 42.5 Å². The molecule has 0 aromatic heterocycles. The number of sulfone groups is 1. The second kappa shape index (κ2) is 6.55. The Bertz CT molecular complexity index is 879. The van der Waals surface area contributed by atoms with Gasteiger partial charge in [-0.15, -0.1) is 0 Å². The standard InChI is InChI=1S/C18H17BrO5S/c1-24-11-18(17(20)21)15(12-7-9-13(19)10-8-12)16(18)25(22,23)14-5-3-2-4-6-14/h2-10,15-16H,11H2,1H3,(H,20,21)/t15-,16-,18-/m0/s1. The second-order valence-corrected chi connectivity index (χ2v) is 9.07. The van der Waals surface area contributed by atoms with Gasteiger partial charge in [0.25, 0.3) is 0 Å². The molecule has 25 heavy (non-hydrogen) atoms. The highest BCUT2D eigenvalue weighted by atomic mass is 79.9. The zero-order valence-corrected chi connectivity index (χ0v) is 15.8. The van der Waals surface area contributed by atoms with Gasteiger partial charge in [0, 0.05) is 17.5 Å². The van der Waals surface area contributed by atoms with Gasteiger partial charge >= 0.3 is 5.97 Å². The molecule has 0 bridgehead atoms. The van der Waals surface area contributed by atoms with Crippen LogP contribution in [0.2, 0.25) is 0 Å². The van der Waals surface area contributed by atoms with E-state index < -0.39 is 32.4 Å². The van der Waals surface area contributed by atoms with Gasteiger partial charge in [0.05, 0.1) is 16.8 Å². The van der Waals surface area contributed by atoms with Gasteiger partial charge in [-0.05, 0) is 29.8 Å². The summed E-state index contributed by atoms with van der Waals surface area (Å²) < 4.78 is 32.2. The van der Waals surface area contributed by atoms with Crippen molar-refractivity contribution >= 4 is 31.7 Å². The first-order chi connectivity index (χ1) is 11.9. The number of carboxylic acid groups (broad SMARTS) is 1. The van der Waals surface area contributed by atoms with E-state index >= 15 is 0 Å². The third-order valence-electron chi connectivity index (χ3n) is 4.67. The summed E-state index contributed by atoms with van der Waals surface area (Å²) in [5.41, 5.74) is -0.816. The first kappa shape index (κ1) is 18.1. The van der Waals surface area contributed by atoms with Crippen LogP contribution in [0.25, 0.3) is 0 Å². The number of carboxylic acids is 1. The van der Waals surface area contributed by atoms with Crippen LogP contribution in [0.15, 0.2) is 64.0 Å². The molecule has 0 saturated heterocycles. The minimum absolute atomic E-state index is 0.126. The van der Waals surface area contributed by atoms with Crippen molar-refractivity contribution in [3.8, 4) is 0 Å². The molecule has 1 saturated carbocycles. The van der Waals surface area contributed by atoms with Crippen LogP contribution < -0.4 is 0 Å². The van der Waals surface area contributed by atoms with Crippen molar-refractivity contribution < 1.29 is 23.1 Å².